The van der Waals surface area contributed by atoms with Crippen molar-refractivity contribution in [3.63, 3.8) is 0 Å². The Kier molecular flexibility index (Phi) is 8.30. The molecule has 1 heterocycles. The summed E-state index contributed by atoms with van der Waals surface area (Å²) in [5.74, 6) is -0.457. The standard InChI is InChI=1S/C25H17BrClFN2O4S2/c1-33-20-11-15(10-19(26)22(20)34-13-14-3-2-4-18(28)9-14)12-21-24(32)30(25(35)36-21)29-23(31)16-5-7-17(27)8-6-16/h2-12H,13H2,1H3,(H,29,31)/b21-12+. The number of amides is 2. The van der Waals surface area contributed by atoms with Crippen LogP contribution in [0.15, 0.2) is 70.0 Å². The van der Waals surface area contributed by atoms with E-state index < -0.39 is 11.8 Å². The highest BCUT2D eigenvalue weighted by atomic mass is 79.9. The zero-order valence-corrected chi connectivity index (χ0v) is 22.6. The summed E-state index contributed by atoms with van der Waals surface area (Å²) in [6.45, 7) is 0.137. The van der Waals surface area contributed by atoms with Gasteiger partial charge in [-0.2, -0.15) is 5.01 Å². The SMILES string of the molecule is COc1cc(/C=C2/SC(=S)N(NC(=O)c3ccc(Cl)cc3)C2=O)cc(Br)c1OCc1cccc(F)c1. The largest absolute Gasteiger partial charge is 0.493 e. The van der Waals surface area contributed by atoms with Gasteiger partial charge >= 0.3 is 0 Å². The molecule has 1 fully saturated rings. The average molecular weight is 608 g/mol. The maximum absolute atomic E-state index is 13.5. The van der Waals surface area contributed by atoms with Gasteiger partial charge in [0.05, 0.1) is 16.5 Å². The number of ether oxygens (including phenoxy) is 2. The fourth-order valence-corrected chi connectivity index (χ4v) is 5.11. The first-order valence-electron chi connectivity index (χ1n) is 10.3. The molecule has 3 aromatic rings. The molecule has 0 radical (unpaired) electrons. The van der Waals surface area contributed by atoms with Crippen LogP contribution in [0.1, 0.15) is 21.5 Å². The average Bonchev–Trinajstić information content (AvgIpc) is 3.10. The van der Waals surface area contributed by atoms with Gasteiger partial charge in [-0.3, -0.25) is 15.0 Å². The number of hydrogen-bond acceptors (Lipinski definition) is 6. The number of methoxy groups -OCH3 is 1. The predicted octanol–water partition coefficient (Wildman–Crippen LogP) is 6.38. The molecule has 0 aromatic heterocycles. The molecule has 36 heavy (non-hydrogen) atoms. The van der Waals surface area contributed by atoms with Crippen LogP contribution in [0.5, 0.6) is 11.5 Å². The molecule has 0 spiro atoms. The van der Waals surface area contributed by atoms with Crippen LogP contribution < -0.4 is 14.9 Å². The number of carbonyl (C=O) groups excluding carboxylic acids is 2. The molecule has 3 aromatic carbocycles. The molecule has 1 saturated heterocycles. The minimum atomic E-state index is -0.492. The Hall–Kier alpha value is -2.92. The molecule has 0 saturated carbocycles. The molecular weight excluding hydrogens is 591 g/mol. The lowest BCUT2D eigenvalue weighted by Crippen LogP contribution is -2.44. The van der Waals surface area contributed by atoms with Gasteiger partial charge in [-0.05, 0) is 93.9 Å². The van der Waals surface area contributed by atoms with Gasteiger partial charge in [0.15, 0.2) is 15.8 Å². The van der Waals surface area contributed by atoms with E-state index in [1.807, 2.05) is 0 Å². The Bertz CT molecular complexity index is 1380. The van der Waals surface area contributed by atoms with E-state index in [4.69, 9.17) is 33.3 Å². The van der Waals surface area contributed by atoms with E-state index >= 15 is 0 Å². The number of rotatable bonds is 7. The van der Waals surface area contributed by atoms with Crippen molar-refractivity contribution in [2.24, 2.45) is 0 Å². The van der Waals surface area contributed by atoms with Crippen LogP contribution in [0.4, 0.5) is 4.39 Å². The van der Waals surface area contributed by atoms with Crippen molar-refractivity contribution in [3.05, 3.63) is 97.6 Å². The van der Waals surface area contributed by atoms with Crippen LogP contribution in [0.25, 0.3) is 6.08 Å². The summed E-state index contributed by atoms with van der Waals surface area (Å²) in [5.41, 5.74) is 4.17. The Morgan fingerprint density at radius 1 is 1.22 bits per heavy atom. The molecule has 0 atom stereocenters. The first-order valence-corrected chi connectivity index (χ1v) is 12.7. The Balaban J connectivity index is 1.51. The fourth-order valence-electron chi connectivity index (χ4n) is 3.23. The molecule has 0 aliphatic carbocycles. The smallest absolute Gasteiger partial charge is 0.285 e. The third-order valence-electron chi connectivity index (χ3n) is 4.94. The van der Waals surface area contributed by atoms with Crippen molar-refractivity contribution in [1.82, 2.24) is 10.4 Å². The summed E-state index contributed by atoms with van der Waals surface area (Å²) >= 11 is 15.7. The quantitative estimate of drug-likeness (QED) is 0.249. The minimum absolute atomic E-state index is 0.137. The van der Waals surface area contributed by atoms with E-state index in [0.29, 0.717) is 42.6 Å². The molecule has 11 heteroatoms. The van der Waals surface area contributed by atoms with E-state index in [-0.39, 0.29) is 16.7 Å². The second-order valence-electron chi connectivity index (χ2n) is 7.42. The summed E-state index contributed by atoms with van der Waals surface area (Å²) < 4.78 is 25.6. The normalized spacial score (nSPS) is 14.3. The second kappa shape index (κ2) is 11.4. The van der Waals surface area contributed by atoms with Gasteiger partial charge in [0.2, 0.25) is 0 Å². The molecule has 1 aliphatic rings. The number of thioether (sulfide) groups is 1. The van der Waals surface area contributed by atoms with Gasteiger partial charge in [0, 0.05) is 10.6 Å². The Morgan fingerprint density at radius 2 is 1.97 bits per heavy atom. The van der Waals surface area contributed by atoms with Crippen LogP contribution in [-0.4, -0.2) is 28.3 Å². The van der Waals surface area contributed by atoms with Crippen molar-refractivity contribution in [2.75, 3.05) is 7.11 Å². The van der Waals surface area contributed by atoms with E-state index in [1.54, 1.807) is 54.6 Å². The first kappa shape index (κ1) is 26.2. The summed E-state index contributed by atoms with van der Waals surface area (Å²) in [5, 5.41) is 1.53. The predicted molar refractivity (Wildman–Crippen MR) is 145 cm³/mol. The van der Waals surface area contributed by atoms with Crippen LogP contribution in [0, 0.1) is 5.82 Å². The van der Waals surface area contributed by atoms with Gasteiger partial charge in [-0.25, -0.2) is 4.39 Å². The van der Waals surface area contributed by atoms with Crippen LogP contribution in [0.2, 0.25) is 5.02 Å². The Labute approximate surface area is 229 Å². The number of nitrogens with zero attached hydrogens (tertiary/aromatic N) is 1. The number of halogens is 3. The monoisotopic (exact) mass is 606 g/mol. The molecule has 0 bridgehead atoms. The fraction of sp³-hybridized carbons (Fsp3) is 0.0800. The molecule has 184 valence electrons. The van der Waals surface area contributed by atoms with Crippen molar-refractivity contribution >= 4 is 73.7 Å². The van der Waals surface area contributed by atoms with E-state index in [2.05, 4.69) is 21.4 Å². The molecule has 0 unspecified atom stereocenters. The van der Waals surface area contributed by atoms with Crippen molar-refractivity contribution < 1.29 is 23.5 Å². The maximum Gasteiger partial charge on any atom is 0.285 e. The summed E-state index contributed by atoms with van der Waals surface area (Å²) in [6, 6.07) is 15.8. The third kappa shape index (κ3) is 6.07. The highest BCUT2D eigenvalue weighted by Gasteiger charge is 2.34. The number of thiocarbonyl (C=S) groups is 1. The number of benzene rings is 3. The van der Waals surface area contributed by atoms with Gasteiger partial charge in [0.1, 0.15) is 12.4 Å². The lowest BCUT2D eigenvalue weighted by molar-refractivity contribution is -0.123. The summed E-state index contributed by atoms with van der Waals surface area (Å²) in [4.78, 5) is 25.8. The van der Waals surface area contributed by atoms with Crippen molar-refractivity contribution in [1.29, 1.82) is 0 Å². The van der Waals surface area contributed by atoms with Gasteiger partial charge in [-0.1, -0.05) is 35.5 Å². The van der Waals surface area contributed by atoms with Crippen LogP contribution >= 0.6 is 51.5 Å². The van der Waals surface area contributed by atoms with Crippen molar-refractivity contribution in [2.45, 2.75) is 6.61 Å². The van der Waals surface area contributed by atoms with Gasteiger partial charge in [0.25, 0.3) is 11.8 Å². The van der Waals surface area contributed by atoms with Crippen LogP contribution in [0.3, 0.4) is 0 Å². The number of hydrazine groups is 1. The maximum atomic E-state index is 13.5. The molecule has 1 aliphatic heterocycles. The molecule has 2 amide bonds. The highest BCUT2D eigenvalue weighted by Crippen LogP contribution is 2.39. The zero-order valence-electron chi connectivity index (χ0n) is 18.6. The number of nitrogens with one attached hydrogen (secondary N) is 1. The summed E-state index contributed by atoms with van der Waals surface area (Å²) in [7, 11) is 1.49. The zero-order chi connectivity index (χ0) is 25.8. The third-order valence-corrected chi connectivity index (χ3v) is 7.08. The van der Waals surface area contributed by atoms with Crippen molar-refractivity contribution in [3.8, 4) is 11.5 Å². The lowest BCUT2D eigenvalue weighted by atomic mass is 10.1. The topological polar surface area (TPSA) is 67.9 Å². The molecule has 1 N–H and O–H groups in total. The van der Waals surface area contributed by atoms with E-state index in [9.17, 15) is 14.0 Å². The van der Waals surface area contributed by atoms with E-state index in [0.717, 1.165) is 16.8 Å². The van der Waals surface area contributed by atoms with Gasteiger partial charge < -0.3 is 9.47 Å². The highest BCUT2D eigenvalue weighted by molar-refractivity contribution is 9.10. The summed E-state index contributed by atoms with van der Waals surface area (Å²) in [6.07, 6.45) is 1.64. The first-order chi connectivity index (χ1) is 17.2. The number of carbonyl (C=O) groups is 2. The molecular formula is C25H17BrClFN2O4S2. The van der Waals surface area contributed by atoms with Crippen LogP contribution in [-0.2, 0) is 11.4 Å². The molecule has 6 nitrogen and oxygen atoms in total. The van der Waals surface area contributed by atoms with Gasteiger partial charge in [-0.15, -0.1) is 0 Å². The Morgan fingerprint density at radius 3 is 2.67 bits per heavy atom. The lowest BCUT2D eigenvalue weighted by Gasteiger charge is -2.15. The van der Waals surface area contributed by atoms with E-state index in [1.165, 1.54) is 19.2 Å². The molecule has 4 rings (SSSR count). The second-order valence-corrected chi connectivity index (χ2v) is 10.4. The minimum Gasteiger partial charge on any atom is -0.493 e. The number of hydrogen-bond donors (Lipinski definition) is 1.